The molecule has 35 heavy (non-hydrogen) atoms. The fourth-order valence-corrected chi connectivity index (χ4v) is 4.66. The summed E-state index contributed by atoms with van der Waals surface area (Å²) in [4.78, 5) is 14.2. The molecule has 0 unspecified atom stereocenters. The van der Waals surface area contributed by atoms with Gasteiger partial charge in [-0.1, -0.05) is 75.3 Å². The minimum Gasteiger partial charge on any atom is -0.564 e. The van der Waals surface area contributed by atoms with Gasteiger partial charge in [-0.05, 0) is 59.9 Å². The number of carbonyl (C=O) groups is 1. The van der Waals surface area contributed by atoms with Crippen LogP contribution in [0.4, 0.5) is 5.69 Å². The van der Waals surface area contributed by atoms with Crippen LogP contribution in [0.5, 0.6) is 17.2 Å². The number of ether oxygens (including phenoxy) is 1. The monoisotopic (exact) mass is 489 g/mol. The number of benzene rings is 3. The molecule has 4 nitrogen and oxygen atoms in total. The lowest BCUT2D eigenvalue weighted by Crippen LogP contribution is -2.31. The minimum atomic E-state index is -0.140. The Labute approximate surface area is 214 Å². The van der Waals surface area contributed by atoms with Crippen LogP contribution in [-0.4, -0.2) is 19.3 Å². The first-order chi connectivity index (χ1) is 17.2. The maximum Gasteiger partial charge on any atom is 0.343 e. The number of halogens is 1. The van der Waals surface area contributed by atoms with Gasteiger partial charge >= 0.3 is 7.48 Å². The van der Waals surface area contributed by atoms with E-state index in [4.69, 9.17) is 21.0 Å². The van der Waals surface area contributed by atoms with Gasteiger partial charge in [0, 0.05) is 5.69 Å². The molecule has 0 spiro atoms. The zero-order valence-electron chi connectivity index (χ0n) is 20.2. The molecule has 3 aromatic rings. The molecule has 0 radical (unpaired) electrons. The summed E-state index contributed by atoms with van der Waals surface area (Å²) >= 11 is 5.87. The largest absolute Gasteiger partial charge is 0.564 e. The van der Waals surface area contributed by atoms with E-state index in [1.54, 1.807) is 4.90 Å². The summed E-state index contributed by atoms with van der Waals surface area (Å²) in [5, 5.41) is 0. The predicted octanol–water partition coefficient (Wildman–Crippen LogP) is 7.51. The molecule has 0 N–H and O–H groups in total. The van der Waals surface area contributed by atoms with Crippen molar-refractivity contribution in [2.45, 2.75) is 57.3 Å². The van der Waals surface area contributed by atoms with Crippen LogP contribution in [0.25, 0.3) is 0 Å². The summed E-state index contributed by atoms with van der Waals surface area (Å²) in [5.74, 6) is 2.78. The van der Waals surface area contributed by atoms with Gasteiger partial charge in [-0.2, -0.15) is 0 Å². The summed E-state index contributed by atoms with van der Waals surface area (Å²) in [6.07, 6.45) is 9.30. The third kappa shape index (κ3) is 7.79. The molecule has 0 atom stereocenters. The van der Waals surface area contributed by atoms with Gasteiger partial charge in [0.2, 0.25) is 5.91 Å². The van der Waals surface area contributed by atoms with Gasteiger partial charge in [-0.25, -0.2) is 0 Å². The third-order valence-electron chi connectivity index (χ3n) is 6.52. The number of amides is 1. The second-order valence-corrected chi connectivity index (χ2v) is 9.46. The van der Waals surface area contributed by atoms with Gasteiger partial charge in [0.15, 0.2) is 0 Å². The van der Waals surface area contributed by atoms with E-state index in [0.717, 1.165) is 30.2 Å². The van der Waals surface area contributed by atoms with Crippen LogP contribution in [0.1, 0.15) is 50.5 Å². The highest BCUT2D eigenvalue weighted by atomic mass is 35.5. The highest BCUT2D eigenvalue weighted by Crippen LogP contribution is 2.29. The number of nitrogens with zero attached hydrogens (tertiary/aromatic N) is 1. The zero-order valence-corrected chi connectivity index (χ0v) is 21.0. The minimum absolute atomic E-state index is 0.0692. The molecular weight excluding hydrogens is 457 g/mol. The maximum atomic E-state index is 12.5. The normalized spacial score (nSPS) is 14.4. The lowest BCUT2D eigenvalue weighted by atomic mass is 9.72. The summed E-state index contributed by atoms with van der Waals surface area (Å²) < 4.78 is 12.1. The van der Waals surface area contributed by atoms with Crippen LogP contribution < -0.4 is 14.3 Å². The van der Waals surface area contributed by atoms with Gasteiger partial charge in [0.1, 0.15) is 17.4 Å². The number of hydrogen-bond donors (Lipinski definition) is 0. The Balaban J connectivity index is 1.33. The first-order valence-electron chi connectivity index (χ1n) is 12.6. The Morgan fingerprint density at radius 3 is 2.00 bits per heavy atom. The van der Waals surface area contributed by atoms with Gasteiger partial charge < -0.3 is 14.3 Å². The lowest BCUT2D eigenvalue weighted by molar-refractivity contribution is -0.116. The third-order valence-corrected chi connectivity index (χ3v) is 6.75. The van der Waals surface area contributed by atoms with Crippen LogP contribution in [0.3, 0.4) is 0 Å². The second kappa shape index (κ2) is 13.2. The van der Waals surface area contributed by atoms with E-state index in [0.29, 0.717) is 18.1 Å². The van der Waals surface area contributed by atoms with E-state index < -0.39 is 0 Å². The van der Waals surface area contributed by atoms with Crippen molar-refractivity contribution in [3.63, 3.8) is 0 Å². The average Bonchev–Trinajstić information content (AvgIpc) is 2.88. The van der Waals surface area contributed by atoms with E-state index in [2.05, 4.69) is 0 Å². The molecule has 0 heterocycles. The first-order valence-corrected chi connectivity index (χ1v) is 13.2. The molecule has 1 saturated carbocycles. The van der Waals surface area contributed by atoms with Crippen molar-refractivity contribution in [3.8, 4) is 17.2 Å². The van der Waals surface area contributed by atoms with Crippen LogP contribution in [0, 0.1) is 0 Å². The molecule has 1 fully saturated rings. The van der Waals surface area contributed by atoms with Crippen LogP contribution >= 0.6 is 11.6 Å². The van der Waals surface area contributed by atoms with Crippen molar-refractivity contribution >= 4 is 30.7 Å². The molecule has 1 aliphatic rings. The molecule has 3 aromatic carbocycles. The number of alkyl halides is 1. The Hall–Kier alpha value is -2.92. The first kappa shape index (κ1) is 25.2. The molecule has 4 rings (SSSR count). The predicted molar refractivity (Wildman–Crippen MR) is 145 cm³/mol. The van der Waals surface area contributed by atoms with E-state index in [1.165, 1.54) is 44.9 Å². The number of hydrogen-bond acceptors (Lipinski definition) is 3. The Kier molecular flexibility index (Phi) is 9.53. The van der Waals surface area contributed by atoms with Crippen molar-refractivity contribution in [3.05, 3.63) is 84.4 Å². The lowest BCUT2D eigenvalue weighted by Gasteiger charge is -2.22. The van der Waals surface area contributed by atoms with Crippen molar-refractivity contribution in [1.29, 1.82) is 0 Å². The molecule has 0 aliphatic heterocycles. The molecule has 182 valence electrons. The fourth-order valence-electron chi connectivity index (χ4n) is 4.52. The summed E-state index contributed by atoms with van der Waals surface area (Å²) in [5.41, 5.74) is 1.83. The van der Waals surface area contributed by atoms with Gasteiger partial charge in [0.05, 0.1) is 12.3 Å². The maximum absolute atomic E-state index is 12.5. The number of anilines is 1. The quantitative estimate of drug-likeness (QED) is 0.230. The molecule has 0 saturated heterocycles. The molecule has 1 amide bonds. The van der Waals surface area contributed by atoms with Gasteiger partial charge in [-0.15, -0.1) is 11.6 Å². The fraction of sp³-hybridized carbons (Fsp3) is 0.345. The summed E-state index contributed by atoms with van der Waals surface area (Å²) in [6.45, 7) is 0.467. The Morgan fingerprint density at radius 2 is 1.37 bits per heavy atom. The van der Waals surface area contributed by atoms with Crippen LogP contribution in [0.15, 0.2) is 78.9 Å². The Bertz CT molecular complexity index is 1040. The van der Waals surface area contributed by atoms with E-state index in [9.17, 15) is 4.79 Å². The highest BCUT2D eigenvalue weighted by Gasteiger charge is 2.16. The Morgan fingerprint density at radius 1 is 0.800 bits per heavy atom. The van der Waals surface area contributed by atoms with Crippen molar-refractivity contribution in [2.75, 3.05) is 10.8 Å². The van der Waals surface area contributed by atoms with Crippen LogP contribution in [-0.2, 0) is 11.3 Å². The van der Waals surface area contributed by atoms with E-state index in [1.807, 2.05) is 78.9 Å². The van der Waals surface area contributed by atoms with Crippen molar-refractivity contribution in [2.24, 2.45) is 0 Å². The van der Waals surface area contributed by atoms with Gasteiger partial charge in [-0.3, -0.25) is 4.79 Å². The zero-order chi connectivity index (χ0) is 24.3. The SMILES string of the molecule is O=C(CCl)N(Cc1ccccc1)c1ccc(Oc2ccc(OBC3CCCCCCC3)cc2)cc1. The van der Waals surface area contributed by atoms with E-state index >= 15 is 0 Å². The average molecular weight is 490 g/mol. The van der Waals surface area contributed by atoms with Crippen LogP contribution in [0.2, 0.25) is 5.82 Å². The second-order valence-electron chi connectivity index (χ2n) is 9.19. The van der Waals surface area contributed by atoms with Crippen molar-refractivity contribution in [1.82, 2.24) is 0 Å². The molecule has 0 aromatic heterocycles. The van der Waals surface area contributed by atoms with Crippen molar-refractivity contribution < 1.29 is 14.2 Å². The molecule has 1 aliphatic carbocycles. The molecule has 0 bridgehead atoms. The summed E-state index contributed by atoms with van der Waals surface area (Å²) in [7, 11) is 0.794. The smallest absolute Gasteiger partial charge is 0.343 e. The summed E-state index contributed by atoms with van der Waals surface area (Å²) in [6, 6.07) is 25.2. The van der Waals surface area contributed by atoms with Gasteiger partial charge in [0.25, 0.3) is 0 Å². The number of rotatable bonds is 9. The molecule has 6 heteroatoms. The van der Waals surface area contributed by atoms with E-state index in [-0.39, 0.29) is 11.8 Å². The standard InChI is InChI=1S/C29H33BClNO3/c31-21-29(33)32(22-23-9-5-4-6-10-23)25-13-15-26(16-14-25)34-27-17-19-28(20-18-27)35-30-24-11-7-2-1-3-8-12-24/h4-6,9-10,13-20,24,30H,1-3,7-8,11-12,21-22H2. The topological polar surface area (TPSA) is 38.8 Å². The number of carbonyl (C=O) groups excluding carboxylic acids is 1. The molecular formula is C29H33BClNO3. The highest BCUT2D eigenvalue weighted by molar-refractivity contribution is 6.30.